The molecule has 0 saturated heterocycles. The second kappa shape index (κ2) is 6.19. The first kappa shape index (κ1) is 15.0. The molecule has 26 heavy (non-hydrogen) atoms. The van der Waals surface area contributed by atoms with Gasteiger partial charge >= 0.3 is 0 Å². The third kappa shape index (κ3) is 2.40. The van der Waals surface area contributed by atoms with Crippen LogP contribution >= 0.6 is 0 Å². The molecule has 0 amide bonds. The summed E-state index contributed by atoms with van der Waals surface area (Å²) in [6.45, 7) is 0.737. The van der Waals surface area contributed by atoms with Gasteiger partial charge in [0.1, 0.15) is 0 Å². The van der Waals surface area contributed by atoms with E-state index in [1.807, 2.05) is 30.6 Å². The summed E-state index contributed by atoms with van der Waals surface area (Å²) in [6.07, 6.45) is 4.65. The monoisotopic (exact) mass is 335 g/mol. The van der Waals surface area contributed by atoms with Crippen LogP contribution in [0.25, 0.3) is 22.0 Å². The van der Waals surface area contributed by atoms with Crippen molar-refractivity contribution in [2.45, 2.75) is 6.42 Å². The summed E-state index contributed by atoms with van der Waals surface area (Å²) in [5, 5.41) is 2.26. The molecule has 2 aromatic heterocycles. The summed E-state index contributed by atoms with van der Waals surface area (Å²) < 4.78 is 0. The number of rotatable bonds is 3. The normalized spacial score (nSPS) is 13.8. The molecule has 0 bridgehead atoms. The molecule has 3 nitrogen and oxygen atoms in total. The molecule has 5 rings (SSSR count). The molecule has 4 aromatic rings. The smallest absolute Gasteiger partial charge is 0.0988 e. The van der Waals surface area contributed by atoms with Crippen molar-refractivity contribution in [3.05, 3.63) is 95.9 Å². The van der Waals surface area contributed by atoms with E-state index >= 15 is 0 Å². The van der Waals surface area contributed by atoms with Gasteiger partial charge in [-0.3, -0.25) is 15.0 Å². The molecule has 124 valence electrons. The predicted octanol–water partition coefficient (Wildman–Crippen LogP) is 4.69. The standard InChI is InChI=1S/C23H17N3/c1-2-6-16(7-3-1)10-13-25-22-19-9-5-4-8-18(19)21-20-17(11-14-24-21)12-15-26-23(20)22/h1-9,11-12,14-15H,10,13H2. The van der Waals surface area contributed by atoms with Crippen LogP contribution in [0, 0.1) is 0 Å². The van der Waals surface area contributed by atoms with Crippen LogP contribution in [0.15, 0.2) is 84.1 Å². The fraction of sp³-hybridized carbons (Fsp3) is 0.0870. The van der Waals surface area contributed by atoms with E-state index in [1.54, 1.807) is 0 Å². The minimum absolute atomic E-state index is 0.737. The Morgan fingerprint density at radius 1 is 0.692 bits per heavy atom. The Kier molecular flexibility index (Phi) is 3.56. The third-order valence-corrected chi connectivity index (χ3v) is 4.85. The van der Waals surface area contributed by atoms with Gasteiger partial charge in [0.05, 0.1) is 17.1 Å². The molecule has 0 saturated carbocycles. The van der Waals surface area contributed by atoms with Crippen LogP contribution in [0.2, 0.25) is 0 Å². The predicted molar refractivity (Wildman–Crippen MR) is 106 cm³/mol. The number of hydrogen-bond donors (Lipinski definition) is 0. The molecule has 0 atom stereocenters. The maximum Gasteiger partial charge on any atom is 0.0988 e. The average molecular weight is 335 g/mol. The van der Waals surface area contributed by atoms with Gasteiger partial charge in [-0.2, -0.15) is 0 Å². The molecular weight excluding hydrogens is 318 g/mol. The molecule has 3 heteroatoms. The Hall–Kier alpha value is -3.33. The van der Waals surface area contributed by atoms with Crippen molar-refractivity contribution < 1.29 is 0 Å². The van der Waals surface area contributed by atoms with Crippen molar-refractivity contribution in [2.75, 3.05) is 6.54 Å². The van der Waals surface area contributed by atoms with Crippen molar-refractivity contribution in [1.82, 2.24) is 9.97 Å². The van der Waals surface area contributed by atoms with Crippen LogP contribution in [0.3, 0.4) is 0 Å². The van der Waals surface area contributed by atoms with Crippen LogP contribution in [0.4, 0.5) is 0 Å². The zero-order chi connectivity index (χ0) is 17.3. The number of nitrogens with zero attached hydrogens (tertiary/aromatic N) is 3. The Morgan fingerprint density at radius 2 is 1.38 bits per heavy atom. The van der Waals surface area contributed by atoms with E-state index in [0.717, 1.165) is 52.0 Å². The highest BCUT2D eigenvalue weighted by Gasteiger charge is 2.25. The summed E-state index contributed by atoms with van der Waals surface area (Å²) in [5.41, 5.74) is 6.47. The summed E-state index contributed by atoms with van der Waals surface area (Å²) in [7, 11) is 0. The molecule has 0 fully saturated rings. The van der Waals surface area contributed by atoms with Gasteiger partial charge in [-0.05, 0) is 29.5 Å². The molecule has 1 aliphatic rings. The number of hydrogen-bond acceptors (Lipinski definition) is 3. The summed E-state index contributed by atoms with van der Waals surface area (Å²) in [4.78, 5) is 14.3. The lowest BCUT2D eigenvalue weighted by molar-refractivity contribution is 0.967. The second-order valence-electron chi connectivity index (χ2n) is 6.43. The van der Waals surface area contributed by atoms with E-state index in [-0.39, 0.29) is 0 Å². The summed E-state index contributed by atoms with van der Waals surface area (Å²) in [6, 6.07) is 22.9. The van der Waals surface area contributed by atoms with Gasteiger partial charge in [-0.15, -0.1) is 0 Å². The first-order chi connectivity index (χ1) is 12.9. The molecular formula is C23H17N3. The van der Waals surface area contributed by atoms with Crippen LogP contribution in [0.1, 0.15) is 16.8 Å². The second-order valence-corrected chi connectivity index (χ2v) is 6.43. The van der Waals surface area contributed by atoms with Crippen molar-refractivity contribution >= 4 is 16.5 Å². The van der Waals surface area contributed by atoms with Gasteiger partial charge in [0.25, 0.3) is 0 Å². The molecule has 2 aromatic carbocycles. The summed E-state index contributed by atoms with van der Waals surface area (Å²) in [5.74, 6) is 0. The van der Waals surface area contributed by atoms with E-state index in [2.05, 4.69) is 58.5 Å². The maximum atomic E-state index is 4.97. The van der Waals surface area contributed by atoms with Crippen LogP contribution in [-0.4, -0.2) is 22.2 Å². The SMILES string of the molecule is c1ccc(CCN=C2c3ccccc3-c3nccc4ccnc2c34)cc1. The summed E-state index contributed by atoms with van der Waals surface area (Å²) >= 11 is 0. The van der Waals surface area contributed by atoms with E-state index in [9.17, 15) is 0 Å². The van der Waals surface area contributed by atoms with Gasteiger partial charge in [-0.25, -0.2) is 0 Å². The zero-order valence-electron chi connectivity index (χ0n) is 14.3. The fourth-order valence-electron chi connectivity index (χ4n) is 3.63. The Labute approximate surface area is 152 Å². The molecule has 0 unspecified atom stereocenters. The lowest BCUT2D eigenvalue weighted by Crippen LogP contribution is -2.14. The highest BCUT2D eigenvalue weighted by Crippen LogP contribution is 2.37. The lowest BCUT2D eigenvalue weighted by atomic mass is 9.88. The maximum absolute atomic E-state index is 4.97. The number of fused-ring (bicyclic) bond motifs is 2. The fourth-order valence-corrected chi connectivity index (χ4v) is 3.63. The Balaban J connectivity index is 1.65. The van der Waals surface area contributed by atoms with Gasteiger partial charge in [0, 0.05) is 35.5 Å². The minimum Gasteiger partial charge on any atom is -0.282 e. The topological polar surface area (TPSA) is 38.1 Å². The number of aromatic nitrogens is 2. The highest BCUT2D eigenvalue weighted by atomic mass is 14.8. The molecule has 1 aliphatic carbocycles. The number of benzene rings is 2. The number of aliphatic imine (C=N–C) groups is 1. The molecule has 0 spiro atoms. The highest BCUT2D eigenvalue weighted by molar-refractivity contribution is 6.26. The largest absolute Gasteiger partial charge is 0.282 e. The average Bonchev–Trinajstić information content (AvgIpc) is 2.71. The molecule has 0 N–H and O–H groups in total. The van der Waals surface area contributed by atoms with Gasteiger partial charge in [0.2, 0.25) is 0 Å². The van der Waals surface area contributed by atoms with E-state index in [0.29, 0.717) is 0 Å². The van der Waals surface area contributed by atoms with Crippen molar-refractivity contribution in [3.63, 3.8) is 0 Å². The third-order valence-electron chi connectivity index (χ3n) is 4.85. The van der Waals surface area contributed by atoms with Crippen LogP contribution in [0.5, 0.6) is 0 Å². The van der Waals surface area contributed by atoms with Crippen molar-refractivity contribution in [1.29, 1.82) is 0 Å². The minimum atomic E-state index is 0.737. The first-order valence-electron chi connectivity index (χ1n) is 8.84. The molecule has 0 radical (unpaired) electrons. The lowest BCUT2D eigenvalue weighted by Gasteiger charge is -2.20. The van der Waals surface area contributed by atoms with Gasteiger partial charge in [-0.1, -0.05) is 54.6 Å². The van der Waals surface area contributed by atoms with Crippen LogP contribution in [-0.2, 0) is 6.42 Å². The Morgan fingerprint density at radius 3 is 2.19 bits per heavy atom. The van der Waals surface area contributed by atoms with E-state index < -0.39 is 0 Å². The van der Waals surface area contributed by atoms with Crippen molar-refractivity contribution in [3.8, 4) is 11.3 Å². The van der Waals surface area contributed by atoms with Crippen molar-refractivity contribution in [2.24, 2.45) is 4.99 Å². The molecule has 0 aliphatic heterocycles. The Bertz CT molecular complexity index is 1130. The van der Waals surface area contributed by atoms with E-state index in [1.165, 1.54) is 5.56 Å². The van der Waals surface area contributed by atoms with E-state index in [4.69, 9.17) is 4.99 Å². The van der Waals surface area contributed by atoms with Gasteiger partial charge in [0.15, 0.2) is 0 Å². The molecule has 2 heterocycles. The zero-order valence-corrected chi connectivity index (χ0v) is 14.3. The quantitative estimate of drug-likeness (QED) is 0.480. The first-order valence-corrected chi connectivity index (χ1v) is 8.84. The number of pyridine rings is 2. The van der Waals surface area contributed by atoms with Crippen LogP contribution < -0.4 is 0 Å². The van der Waals surface area contributed by atoms with Gasteiger partial charge < -0.3 is 0 Å².